The fraction of sp³-hybridized carbons (Fsp3) is 0.300. The van der Waals surface area contributed by atoms with Crippen molar-refractivity contribution in [2.24, 2.45) is 0 Å². The Morgan fingerprint density at radius 3 is 2.71 bits per heavy atom. The van der Waals surface area contributed by atoms with Gasteiger partial charge in [-0.2, -0.15) is 4.39 Å². The lowest BCUT2D eigenvalue weighted by Gasteiger charge is -1.89. The first kappa shape index (κ1) is 12.4. The summed E-state index contributed by atoms with van der Waals surface area (Å²) in [4.78, 5) is 0. The third-order valence-corrected chi connectivity index (χ3v) is 1.26. The highest BCUT2D eigenvalue weighted by molar-refractivity contribution is 5.24. The maximum Gasteiger partial charge on any atom is 0.321 e. The molecular formula is C10H14FN2O+. The van der Waals surface area contributed by atoms with Gasteiger partial charge in [0.1, 0.15) is 6.61 Å². The summed E-state index contributed by atoms with van der Waals surface area (Å²) in [5.74, 6) is 9.56. The first-order valence-corrected chi connectivity index (χ1v) is 4.30. The highest BCUT2D eigenvalue weighted by Gasteiger charge is 2.10. The highest BCUT2D eigenvalue weighted by Crippen LogP contribution is 1.96. The van der Waals surface area contributed by atoms with Crippen molar-refractivity contribution in [1.29, 1.82) is 0 Å². The van der Waals surface area contributed by atoms with Crippen molar-refractivity contribution in [2.45, 2.75) is 13.8 Å². The van der Waals surface area contributed by atoms with Crippen molar-refractivity contribution in [3.05, 3.63) is 29.8 Å². The average molecular weight is 197 g/mol. The molecule has 4 heteroatoms. The van der Waals surface area contributed by atoms with Crippen molar-refractivity contribution in [2.75, 3.05) is 12.4 Å². The number of halogens is 1. The van der Waals surface area contributed by atoms with Gasteiger partial charge in [-0.1, -0.05) is 24.4 Å². The predicted octanol–water partition coefficient (Wildman–Crippen LogP) is 0.197. The Bertz CT molecular complexity index is 321. The normalized spacial score (nSPS) is 8.00. The van der Waals surface area contributed by atoms with Gasteiger partial charge < -0.3 is 5.11 Å². The number of nitrogens with two attached hydrogens (primary N) is 1. The van der Waals surface area contributed by atoms with Gasteiger partial charge in [0.25, 0.3) is 0 Å². The summed E-state index contributed by atoms with van der Waals surface area (Å²) in [6.07, 6.45) is 1.48. The Balaban J connectivity index is 0.000000791. The lowest BCUT2D eigenvalue weighted by atomic mass is 10.3. The highest BCUT2D eigenvalue weighted by atomic mass is 19.1. The molecule has 1 heterocycles. The monoisotopic (exact) mass is 197 g/mol. The molecule has 14 heavy (non-hydrogen) atoms. The van der Waals surface area contributed by atoms with Gasteiger partial charge in [-0.3, -0.25) is 0 Å². The van der Waals surface area contributed by atoms with Gasteiger partial charge in [-0.25, -0.2) is 5.84 Å². The summed E-state index contributed by atoms with van der Waals surface area (Å²) >= 11 is 0. The number of hydrogen-bond donors (Lipinski definition) is 2. The van der Waals surface area contributed by atoms with Crippen LogP contribution in [0.15, 0.2) is 18.3 Å². The molecule has 1 aromatic rings. The summed E-state index contributed by atoms with van der Waals surface area (Å²) in [5.41, 5.74) is 0.0616. The van der Waals surface area contributed by atoms with E-state index in [9.17, 15) is 4.39 Å². The number of nitrogens with zero attached hydrogens (tertiary/aromatic N) is 1. The van der Waals surface area contributed by atoms with Gasteiger partial charge in [-0.05, 0) is 6.07 Å². The Kier molecular flexibility index (Phi) is 6.08. The van der Waals surface area contributed by atoms with Crippen LogP contribution in [0.25, 0.3) is 0 Å². The molecule has 3 N–H and O–H groups in total. The Morgan fingerprint density at radius 1 is 1.57 bits per heavy atom. The SMILES string of the molecule is CC.N[n+]1cccc(F)c1C#CCO. The minimum absolute atomic E-state index is 0.0616. The third-order valence-electron chi connectivity index (χ3n) is 1.26. The number of pyridine rings is 1. The lowest BCUT2D eigenvalue weighted by Crippen LogP contribution is -2.47. The quantitative estimate of drug-likeness (QED) is 0.354. The zero-order valence-corrected chi connectivity index (χ0v) is 8.29. The second kappa shape index (κ2) is 6.87. The molecule has 0 amide bonds. The summed E-state index contributed by atoms with van der Waals surface area (Å²) in [5, 5.41) is 8.36. The first-order chi connectivity index (χ1) is 6.75. The molecule has 1 aromatic heterocycles. The van der Waals surface area contributed by atoms with Crippen molar-refractivity contribution < 1.29 is 14.2 Å². The van der Waals surface area contributed by atoms with Crippen LogP contribution in [0.2, 0.25) is 0 Å². The zero-order chi connectivity index (χ0) is 11.0. The number of aromatic nitrogens is 1. The van der Waals surface area contributed by atoms with E-state index in [2.05, 4.69) is 11.8 Å². The van der Waals surface area contributed by atoms with Crippen LogP contribution < -0.4 is 10.5 Å². The van der Waals surface area contributed by atoms with E-state index in [1.807, 2.05) is 13.8 Å². The maximum absolute atomic E-state index is 12.9. The molecule has 0 unspecified atom stereocenters. The van der Waals surface area contributed by atoms with Gasteiger partial charge in [0.2, 0.25) is 12.0 Å². The molecule has 0 aliphatic heterocycles. The van der Waals surface area contributed by atoms with Crippen LogP contribution in [-0.2, 0) is 0 Å². The summed E-state index contributed by atoms with van der Waals surface area (Å²) in [7, 11) is 0. The third kappa shape index (κ3) is 3.42. The van der Waals surface area contributed by atoms with E-state index in [1.54, 1.807) is 0 Å². The Hall–Kier alpha value is -1.60. The average Bonchev–Trinajstić information content (AvgIpc) is 2.20. The smallest absolute Gasteiger partial charge is 0.321 e. The van der Waals surface area contributed by atoms with E-state index < -0.39 is 5.82 Å². The molecule has 0 saturated carbocycles. The summed E-state index contributed by atoms with van der Waals surface area (Å²) in [6.45, 7) is 3.69. The van der Waals surface area contributed by atoms with Gasteiger partial charge >= 0.3 is 5.69 Å². The van der Waals surface area contributed by atoms with Gasteiger partial charge in [0, 0.05) is 12.0 Å². The molecule has 0 saturated heterocycles. The van der Waals surface area contributed by atoms with Crippen LogP contribution in [0.4, 0.5) is 4.39 Å². The number of hydrogen-bond acceptors (Lipinski definition) is 2. The van der Waals surface area contributed by atoms with Crippen LogP contribution >= 0.6 is 0 Å². The van der Waals surface area contributed by atoms with E-state index in [0.29, 0.717) is 0 Å². The van der Waals surface area contributed by atoms with E-state index in [1.165, 1.54) is 18.3 Å². The lowest BCUT2D eigenvalue weighted by molar-refractivity contribution is -0.643. The van der Waals surface area contributed by atoms with Crippen molar-refractivity contribution in [1.82, 2.24) is 0 Å². The summed E-state index contributed by atoms with van der Waals surface area (Å²) < 4.78 is 14.0. The molecule has 3 nitrogen and oxygen atoms in total. The number of aliphatic hydroxyl groups excluding tert-OH is 1. The molecule has 0 spiro atoms. The maximum atomic E-state index is 12.9. The Morgan fingerprint density at radius 2 is 2.21 bits per heavy atom. The molecule has 0 bridgehead atoms. The fourth-order valence-electron chi connectivity index (χ4n) is 0.745. The molecule has 1 rings (SSSR count). The van der Waals surface area contributed by atoms with E-state index in [0.717, 1.165) is 4.68 Å². The minimum Gasteiger partial charge on any atom is -0.384 e. The molecule has 0 fully saturated rings. The fourth-order valence-corrected chi connectivity index (χ4v) is 0.745. The molecule has 0 aliphatic rings. The van der Waals surface area contributed by atoms with Crippen LogP contribution in [0.1, 0.15) is 19.5 Å². The van der Waals surface area contributed by atoms with Gasteiger partial charge in [-0.15, -0.1) is 0 Å². The molecular weight excluding hydrogens is 183 g/mol. The van der Waals surface area contributed by atoms with Gasteiger partial charge in [0.05, 0.1) is 0 Å². The van der Waals surface area contributed by atoms with Crippen LogP contribution in [-0.4, -0.2) is 11.7 Å². The van der Waals surface area contributed by atoms with Crippen molar-refractivity contribution in [3.8, 4) is 11.8 Å². The molecule has 0 aromatic carbocycles. The second-order valence-electron chi connectivity index (χ2n) is 2.07. The van der Waals surface area contributed by atoms with Crippen LogP contribution in [0, 0.1) is 17.7 Å². The predicted molar refractivity (Wildman–Crippen MR) is 52.1 cm³/mol. The van der Waals surface area contributed by atoms with Crippen molar-refractivity contribution >= 4 is 0 Å². The molecule has 0 atom stereocenters. The molecule has 0 aliphatic carbocycles. The topological polar surface area (TPSA) is 50.1 Å². The van der Waals surface area contributed by atoms with Crippen LogP contribution in [0.5, 0.6) is 0 Å². The van der Waals surface area contributed by atoms with E-state index in [-0.39, 0.29) is 12.3 Å². The second-order valence-corrected chi connectivity index (χ2v) is 2.07. The van der Waals surface area contributed by atoms with E-state index >= 15 is 0 Å². The largest absolute Gasteiger partial charge is 0.384 e. The number of aliphatic hydroxyl groups is 1. The minimum atomic E-state index is -0.499. The zero-order valence-electron chi connectivity index (χ0n) is 8.29. The van der Waals surface area contributed by atoms with Crippen LogP contribution in [0.3, 0.4) is 0 Å². The molecule has 0 radical (unpaired) electrons. The van der Waals surface area contributed by atoms with Gasteiger partial charge in [0.15, 0.2) is 0 Å². The summed E-state index contributed by atoms with van der Waals surface area (Å²) in [6, 6.07) is 2.73. The first-order valence-electron chi connectivity index (χ1n) is 4.30. The Labute approximate surface area is 83.0 Å². The number of rotatable bonds is 0. The number of nitrogen functional groups attached to an aromatic ring is 1. The van der Waals surface area contributed by atoms with Crippen molar-refractivity contribution in [3.63, 3.8) is 0 Å². The standard InChI is InChI=1S/C8H8FN2O.C2H6/c9-7-3-1-5-11(10)8(7)4-2-6-12;1-2/h1,3,5,12H,6,10H2;1-2H3/q+1;. The van der Waals surface area contributed by atoms with E-state index in [4.69, 9.17) is 10.9 Å². The molecule has 76 valence electrons.